The van der Waals surface area contributed by atoms with Crippen molar-refractivity contribution in [3.63, 3.8) is 0 Å². The smallest absolute Gasteiger partial charge is 1.00 e. The molecule has 11 heteroatoms. The number of aliphatic carboxylic acids is 1. The van der Waals surface area contributed by atoms with Crippen LogP contribution in [-0.2, 0) is 30.5 Å². The molecular weight excluding hydrogens is 381 g/mol. The van der Waals surface area contributed by atoms with Crippen LogP contribution in [0.25, 0.3) is 0 Å². The summed E-state index contributed by atoms with van der Waals surface area (Å²) in [7, 11) is 0. The summed E-state index contributed by atoms with van der Waals surface area (Å²) >= 11 is 0. The van der Waals surface area contributed by atoms with Gasteiger partial charge in [0.2, 0.25) is 17.7 Å². The Morgan fingerprint density at radius 3 is 2.43 bits per heavy atom. The number of carbonyl (C=O) groups is 5. The van der Waals surface area contributed by atoms with Crippen molar-refractivity contribution >= 4 is 29.8 Å². The molecule has 0 saturated carbocycles. The van der Waals surface area contributed by atoms with Crippen LogP contribution in [0.4, 0.5) is 4.79 Å². The SMILES string of the molecule is C[C@@H](NC(=O)OCc1ccccc1)C(=O)NC(C(=O)O)C1CC(=O)NC1=O.[H-].[Na+]. The van der Waals surface area contributed by atoms with Gasteiger partial charge in [0.05, 0.1) is 5.92 Å². The van der Waals surface area contributed by atoms with E-state index in [1.807, 2.05) is 11.4 Å². The van der Waals surface area contributed by atoms with E-state index in [9.17, 15) is 29.1 Å². The minimum atomic E-state index is -1.59. The maximum Gasteiger partial charge on any atom is 1.00 e. The Labute approximate surface area is 184 Å². The van der Waals surface area contributed by atoms with Gasteiger partial charge in [0.15, 0.2) is 0 Å². The molecule has 4 amide bonds. The number of benzene rings is 1. The number of hydrogen-bond donors (Lipinski definition) is 4. The normalized spacial score (nSPS) is 17.5. The molecule has 1 saturated heterocycles. The molecule has 4 N–H and O–H groups in total. The molecule has 2 rings (SSSR count). The van der Waals surface area contributed by atoms with Crippen LogP contribution in [-0.4, -0.2) is 47.0 Å². The van der Waals surface area contributed by atoms with Gasteiger partial charge in [-0.1, -0.05) is 30.3 Å². The number of alkyl carbamates (subject to hydrolysis) is 1. The second kappa shape index (κ2) is 10.8. The summed E-state index contributed by atoms with van der Waals surface area (Å²) in [4.78, 5) is 58.2. The third-order valence-corrected chi connectivity index (χ3v) is 3.91. The second-order valence-electron chi connectivity index (χ2n) is 5.98. The van der Waals surface area contributed by atoms with E-state index in [-0.39, 0.29) is 44.0 Å². The van der Waals surface area contributed by atoms with E-state index in [0.29, 0.717) is 0 Å². The fraction of sp³-hybridized carbons (Fsp3) is 0.353. The van der Waals surface area contributed by atoms with E-state index >= 15 is 0 Å². The van der Waals surface area contributed by atoms with Crippen molar-refractivity contribution in [3.05, 3.63) is 35.9 Å². The average Bonchev–Trinajstić information content (AvgIpc) is 2.96. The van der Waals surface area contributed by atoms with Crippen molar-refractivity contribution in [3.8, 4) is 0 Å². The summed E-state index contributed by atoms with van der Waals surface area (Å²) in [6, 6.07) is 6.19. The minimum absolute atomic E-state index is 0. The number of carboxylic acids is 1. The molecule has 0 aliphatic carbocycles. The third-order valence-electron chi connectivity index (χ3n) is 3.91. The van der Waals surface area contributed by atoms with Crippen LogP contribution in [0.5, 0.6) is 0 Å². The average molecular weight is 401 g/mol. The monoisotopic (exact) mass is 401 g/mol. The first kappa shape index (κ1) is 23.6. The Kier molecular flexibility index (Phi) is 9.10. The third kappa shape index (κ3) is 6.63. The van der Waals surface area contributed by atoms with Crippen LogP contribution in [0.1, 0.15) is 20.3 Å². The van der Waals surface area contributed by atoms with E-state index in [1.54, 1.807) is 24.3 Å². The molecule has 1 aromatic carbocycles. The van der Waals surface area contributed by atoms with Crippen molar-refractivity contribution < 1.29 is 64.8 Å². The fourth-order valence-corrected chi connectivity index (χ4v) is 2.46. The van der Waals surface area contributed by atoms with Gasteiger partial charge in [0, 0.05) is 6.42 Å². The van der Waals surface area contributed by atoms with Crippen molar-refractivity contribution in [2.75, 3.05) is 0 Å². The number of ether oxygens (including phenoxy) is 1. The maximum atomic E-state index is 12.2. The quantitative estimate of drug-likeness (QED) is 0.275. The van der Waals surface area contributed by atoms with E-state index in [2.05, 4.69) is 10.6 Å². The molecule has 1 aliphatic heterocycles. The zero-order valence-electron chi connectivity index (χ0n) is 16.4. The van der Waals surface area contributed by atoms with Crippen molar-refractivity contribution in [2.45, 2.75) is 32.0 Å². The number of nitrogens with one attached hydrogen (secondary N) is 3. The second-order valence-corrected chi connectivity index (χ2v) is 5.98. The van der Waals surface area contributed by atoms with Crippen LogP contribution in [0.2, 0.25) is 0 Å². The van der Waals surface area contributed by atoms with Gasteiger partial charge in [0.1, 0.15) is 18.7 Å². The summed E-state index contributed by atoms with van der Waals surface area (Å²) < 4.78 is 4.98. The number of amides is 4. The largest absolute Gasteiger partial charge is 1.00 e. The van der Waals surface area contributed by atoms with Gasteiger partial charge >= 0.3 is 41.6 Å². The zero-order valence-corrected chi connectivity index (χ0v) is 17.4. The Bertz CT molecular complexity index is 763. The molecule has 2 unspecified atom stereocenters. The molecule has 1 aromatic rings. The van der Waals surface area contributed by atoms with Crippen LogP contribution >= 0.6 is 0 Å². The number of hydrogen-bond acceptors (Lipinski definition) is 6. The molecule has 0 aromatic heterocycles. The predicted octanol–water partition coefficient (Wildman–Crippen LogP) is -3.35. The van der Waals surface area contributed by atoms with Crippen molar-refractivity contribution in [1.82, 2.24) is 16.0 Å². The first-order chi connectivity index (χ1) is 12.8. The molecule has 1 heterocycles. The molecule has 0 bridgehead atoms. The number of carboxylic acid groups (broad SMARTS) is 1. The molecule has 0 radical (unpaired) electrons. The minimum Gasteiger partial charge on any atom is -1.00 e. The number of rotatable bonds is 7. The molecule has 0 spiro atoms. The summed E-state index contributed by atoms with van der Waals surface area (Å²) in [6.45, 7) is 1.33. The first-order valence-electron chi connectivity index (χ1n) is 8.12. The summed E-state index contributed by atoms with van der Waals surface area (Å²) in [6.07, 6.45) is -1.20. The fourth-order valence-electron chi connectivity index (χ4n) is 2.46. The molecule has 146 valence electrons. The Morgan fingerprint density at radius 1 is 1.25 bits per heavy atom. The molecule has 10 nitrogen and oxygen atoms in total. The summed E-state index contributed by atoms with van der Waals surface area (Å²) in [5.41, 5.74) is 0.757. The van der Waals surface area contributed by atoms with E-state index < -0.39 is 47.8 Å². The van der Waals surface area contributed by atoms with Gasteiger partial charge in [0.25, 0.3) is 0 Å². The van der Waals surface area contributed by atoms with Gasteiger partial charge < -0.3 is 21.9 Å². The summed E-state index contributed by atoms with van der Waals surface area (Å²) in [5.74, 6) is -4.88. The topological polar surface area (TPSA) is 151 Å². The van der Waals surface area contributed by atoms with Crippen LogP contribution < -0.4 is 45.5 Å². The van der Waals surface area contributed by atoms with Gasteiger partial charge in [-0.3, -0.25) is 19.7 Å². The Morgan fingerprint density at radius 2 is 1.89 bits per heavy atom. The Balaban J connectivity index is 0.00000392. The van der Waals surface area contributed by atoms with Crippen molar-refractivity contribution in [2.24, 2.45) is 5.92 Å². The van der Waals surface area contributed by atoms with Crippen LogP contribution in [0.3, 0.4) is 0 Å². The van der Waals surface area contributed by atoms with Gasteiger partial charge in [-0.05, 0) is 12.5 Å². The molecule has 1 fully saturated rings. The van der Waals surface area contributed by atoms with E-state index in [0.717, 1.165) is 5.56 Å². The summed E-state index contributed by atoms with van der Waals surface area (Å²) in [5, 5.41) is 15.7. The number of imide groups is 1. The Hall–Kier alpha value is -2.43. The molecular formula is C17H20N3NaO7. The van der Waals surface area contributed by atoms with Gasteiger partial charge in [-0.2, -0.15) is 0 Å². The van der Waals surface area contributed by atoms with Gasteiger partial charge in [-0.15, -0.1) is 0 Å². The van der Waals surface area contributed by atoms with Crippen LogP contribution in [0.15, 0.2) is 30.3 Å². The zero-order chi connectivity index (χ0) is 20.0. The first-order valence-corrected chi connectivity index (χ1v) is 8.12. The molecule has 28 heavy (non-hydrogen) atoms. The van der Waals surface area contributed by atoms with Gasteiger partial charge in [-0.25, -0.2) is 9.59 Å². The number of carbonyl (C=O) groups excluding carboxylic acids is 4. The van der Waals surface area contributed by atoms with Crippen LogP contribution in [0, 0.1) is 5.92 Å². The van der Waals surface area contributed by atoms with E-state index in [4.69, 9.17) is 4.74 Å². The molecule has 1 aliphatic rings. The van der Waals surface area contributed by atoms with Crippen molar-refractivity contribution in [1.29, 1.82) is 0 Å². The van der Waals surface area contributed by atoms with E-state index in [1.165, 1.54) is 6.92 Å². The molecule has 3 atom stereocenters. The predicted molar refractivity (Wildman–Crippen MR) is 91.2 cm³/mol. The maximum absolute atomic E-state index is 12.2. The standard InChI is InChI=1S/C17H19N3O7.Na.H/c1-9(18-17(26)27-8-10-5-3-2-4-6-10)14(22)20-13(16(24)25)11-7-12(21)19-15(11)23;;/h2-6,9,11,13H,7-8H2,1H3,(H,18,26)(H,20,22)(H,24,25)(H,19,21,23);;/q;+1;-1/t9-,11?,13?;;/m1../s1.